The van der Waals surface area contributed by atoms with Crippen LogP contribution < -0.4 is 5.32 Å². The van der Waals surface area contributed by atoms with Gasteiger partial charge in [0.05, 0.1) is 6.42 Å². The summed E-state index contributed by atoms with van der Waals surface area (Å²) in [5.74, 6) is -5.93. The third-order valence-corrected chi connectivity index (χ3v) is 2.20. The van der Waals surface area contributed by atoms with Gasteiger partial charge in [0.1, 0.15) is 23.2 Å². The molecule has 1 amide bonds. The number of rotatable bonds is 5. The van der Waals surface area contributed by atoms with Crippen molar-refractivity contribution in [3.8, 4) is 5.75 Å². The number of aromatic hydroxyl groups is 1. The minimum absolute atomic E-state index is 0.669. The molecular formula is C11H10FNO6. The highest BCUT2D eigenvalue weighted by Gasteiger charge is 2.26. The van der Waals surface area contributed by atoms with E-state index in [9.17, 15) is 23.9 Å². The summed E-state index contributed by atoms with van der Waals surface area (Å²) in [6, 6.07) is 1.39. The lowest BCUT2D eigenvalue weighted by atomic mass is 10.1. The van der Waals surface area contributed by atoms with Crippen molar-refractivity contribution in [2.75, 3.05) is 0 Å². The molecule has 0 aliphatic carbocycles. The Kier molecular flexibility index (Phi) is 4.41. The first-order valence-electron chi connectivity index (χ1n) is 5.06. The molecule has 0 aliphatic heterocycles. The fourth-order valence-corrected chi connectivity index (χ4v) is 1.34. The van der Waals surface area contributed by atoms with Crippen LogP contribution in [0, 0.1) is 5.82 Å². The number of carboxylic acid groups (broad SMARTS) is 2. The van der Waals surface area contributed by atoms with Crippen LogP contribution in [-0.4, -0.2) is 39.2 Å². The summed E-state index contributed by atoms with van der Waals surface area (Å²) in [5, 5.41) is 28.4. The van der Waals surface area contributed by atoms with Gasteiger partial charge in [0, 0.05) is 0 Å². The first-order chi connectivity index (χ1) is 8.82. The molecule has 0 saturated carbocycles. The number of carboxylic acids is 2. The zero-order valence-corrected chi connectivity index (χ0v) is 9.46. The van der Waals surface area contributed by atoms with Crippen LogP contribution in [0.4, 0.5) is 4.39 Å². The number of carbonyl (C=O) groups excluding carboxylic acids is 1. The molecule has 0 heterocycles. The smallest absolute Gasteiger partial charge is 0.326 e. The molecule has 4 N–H and O–H groups in total. The van der Waals surface area contributed by atoms with E-state index in [1.54, 1.807) is 0 Å². The van der Waals surface area contributed by atoms with E-state index in [0.29, 0.717) is 0 Å². The second-order valence-electron chi connectivity index (χ2n) is 3.60. The molecule has 19 heavy (non-hydrogen) atoms. The number of aliphatic carboxylic acids is 2. The lowest BCUT2D eigenvalue weighted by molar-refractivity contribution is -0.145. The molecule has 1 atom stereocenters. The summed E-state index contributed by atoms with van der Waals surface area (Å²) in [6.45, 7) is 0. The molecule has 1 aromatic rings. The van der Waals surface area contributed by atoms with Crippen molar-refractivity contribution in [2.24, 2.45) is 0 Å². The number of carbonyl (C=O) groups is 3. The summed E-state index contributed by atoms with van der Waals surface area (Å²) >= 11 is 0. The molecule has 0 radical (unpaired) electrons. The van der Waals surface area contributed by atoms with Crippen molar-refractivity contribution in [1.29, 1.82) is 0 Å². The van der Waals surface area contributed by atoms with E-state index in [1.807, 2.05) is 5.32 Å². The highest BCUT2D eigenvalue weighted by atomic mass is 19.1. The lowest BCUT2D eigenvalue weighted by Gasteiger charge is -2.13. The van der Waals surface area contributed by atoms with Gasteiger partial charge in [-0.1, -0.05) is 6.07 Å². The van der Waals surface area contributed by atoms with E-state index in [2.05, 4.69) is 0 Å². The van der Waals surface area contributed by atoms with Gasteiger partial charge in [0.25, 0.3) is 5.91 Å². The summed E-state index contributed by atoms with van der Waals surface area (Å²) in [5.41, 5.74) is -0.737. The van der Waals surface area contributed by atoms with Crippen molar-refractivity contribution in [2.45, 2.75) is 12.5 Å². The topological polar surface area (TPSA) is 124 Å². The number of phenolic OH excluding ortho intramolecular Hbond substituents is 1. The molecule has 0 aromatic heterocycles. The summed E-state index contributed by atoms with van der Waals surface area (Å²) in [4.78, 5) is 32.8. The monoisotopic (exact) mass is 271 g/mol. The fourth-order valence-electron chi connectivity index (χ4n) is 1.34. The number of phenols is 1. The number of halogens is 1. The first kappa shape index (κ1) is 14.4. The van der Waals surface area contributed by atoms with Crippen molar-refractivity contribution in [3.05, 3.63) is 29.6 Å². The van der Waals surface area contributed by atoms with E-state index < -0.39 is 47.4 Å². The predicted molar refractivity (Wildman–Crippen MR) is 59.2 cm³/mol. The molecule has 0 fully saturated rings. The molecule has 0 aliphatic rings. The van der Waals surface area contributed by atoms with Crippen LogP contribution in [0.3, 0.4) is 0 Å². The second kappa shape index (κ2) is 5.80. The van der Waals surface area contributed by atoms with Crippen LogP contribution in [0.2, 0.25) is 0 Å². The number of hydrogen-bond acceptors (Lipinski definition) is 4. The Labute approximate surface area is 106 Å². The van der Waals surface area contributed by atoms with Crippen molar-refractivity contribution < 1.29 is 34.1 Å². The summed E-state index contributed by atoms with van der Waals surface area (Å²) in [6.07, 6.45) is -0.865. The van der Waals surface area contributed by atoms with Crippen LogP contribution in [0.15, 0.2) is 18.2 Å². The molecule has 0 unspecified atom stereocenters. The Balaban J connectivity index is 2.94. The van der Waals surface area contributed by atoms with E-state index in [4.69, 9.17) is 10.2 Å². The number of amides is 1. The Bertz CT molecular complexity index is 510. The van der Waals surface area contributed by atoms with E-state index in [-0.39, 0.29) is 0 Å². The third kappa shape index (κ3) is 3.66. The molecule has 1 rings (SSSR count). The van der Waals surface area contributed by atoms with Gasteiger partial charge in [-0.05, 0) is 12.1 Å². The molecular weight excluding hydrogens is 261 g/mol. The largest absolute Gasteiger partial charge is 0.507 e. The average molecular weight is 271 g/mol. The maximum atomic E-state index is 13.3. The van der Waals surface area contributed by atoms with Crippen LogP contribution in [0.25, 0.3) is 0 Å². The quantitative estimate of drug-likeness (QED) is 0.606. The van der Waals surface area contributed by atoms with Crippen LogP contribution in [0.1, 0.15) is 16.8 Å². The molecule has 0 bridgehead atoms. The Morgan fingerprint density at radius 1 is 1.26 bits per heavy atom. The summed E-state index contributed by atoms with van der Waals surface area (Å²) < 4.78 is 13.3. The minimum Gasteiger partial charge on any atom is -0.507 e. The minimum atomic E-state index is -1.72. The molecule has 102 valence electrons. The van der Waals surface area contributed by atoms with Crippen LogP contribution in [-0.2, 0) is 9.59 Å². The van der Waals surface area contributed by atoms with Gasteiger partial charge < -0.3 is 20.6 Å². The maximum absolute atomic E-state index is 13.3. The van der Waals surface area contributed by atoms with Gasteiger partial charge in [0.2, 0.25) is 0 Å². The average Bonchev–Trinajstić information content (AvgIpc) is 2.27. The zero-order valence-electron chi connectivity index (χ0n) is 9.46. The maximum Gasteiger partial charge on any atom is 0.326 e. The molecule has 7 nitrogen and oxygen atoms in total. The predicted octanol–water partition coefficient (Wildman–Crippen LogP) is 0.189. The van der Waals surface area contributed by atoms with Crippen molar-refractivity contribution >= 4 is 17.8 Å². The lowest BCUT2D eigenvalue weighted by Crippen LogP contribution is -2.42. The van der Waals surface area contributed by atoms with Crippen LogP contribution >= 0.6 is 0 Å². The molecule has 1 aromatic carbocycles. The van der Waals surface area contributed by atoms with Gasteiger partial charge in [-0.25, -0.2) is 9.18 Å². The molecule has 0 saturated heterocycles. The van der Waals surface area contributed by atoms with E-state index >= 15 is 0 Å². The number of hydrogen-bond donors (Lipinski definition) is 4. The zero-order chi connectivity index (χ0) is 14.6. The Morgan fingerprint density at radius 2 is 1.89 bits per heavy atom. The van der Waals surface area contributed by atoms with E-state index in [1.165, 1.54) is 0 Å². The highest BCUT2D eigenvalue weighted by Crippen LogP contribution is 2.19. The Hall–Kier alpha value is -2.64. The fraction of sp³-hybridized carbons (Fsp3) is 0.182. The van der Waals surface area contributed by atoms with Crippen LogP contribution in [0.5, 0.6) is 5.75 Å². The number of benzene rings is 1. The van der Waals surface area contributed by atoms with Gasteiger partial charge in [-0.2, -0.15) is 0 Å². The van der Waals surface area contributed by atoms with Gasteiger partial charge in [-0.3, -0.25) is 9.59 Å². The van der Waals surface area contributed by atoms with E-state index in [0.717, 1.165) is 18.2 Å². The van der Waals surface area contributed by atoms with Gasteiger partial charge in [0.15, 0.2) is 0 Å². The van der Waals surface area contributed by atoms with Gasteiger partial charge >= 0.3 is 11.9 Å². The van der Waals surface area contributed by atoms with Crippen molar-refractivity contribution in [3.63, 3.8) is 0 Å². The Morgan fingerprint density at radius 3 is 2.37 bits per heavy atom. The third-order valence-electron chi connectivity index (χ3n) is 2.20. The normalized spacial score (nSPS) is 11.6. The van der Waals surface area contributed by atoms with Gasteiger partial charge in [-0.15, -0.1) is 0 Å². The highest BCUT2D eigenvalue weighted by molar-refractivity contribution is 5.99. The SMILES string of the molecule is O=C(O)C[C@H](NC(=O)c1c(O)cccc1F)C(=O)O. The molecule has 0 spiro atoms. The number of nitrogens with one attached hydrogen (secondary N) is 1. The molecule has 8 heteroatoms. The summed E-state index contributed by atoms with van der Waals surface area (Å²) in [7, 11) is 0. The second-order valence-corrected chi connectivity index (χ2v) is 3.60. The standard InChI is InChI=1S/C11H10FNO6/c12-5-2-1-3-7(14)9(5)10(17)13-6(11(18)19)4-8(15)16/h1-3,6,14H,4H2,(H,13,17)(H,15,16)(H,18,19)/t6-/m0/s1. The van der Waals surface area contributed by atoms with Crippen molar-refractivity contribution in [1.82, 2.24) is 5.32 Å². The first-order valence-corrected chi connectivity index (χ1v) is 5.06.